The standard InChI is InChI=1S/C15H26N2O4/c1-15(2,3)21-14(20)17-8-7-12(11(9-17)13(18)19)16(4)10-5-6-10/h10-12H,5-9H2,1-4H3,(H,18,19). The number of carboxylic acids is 1. The number of aliphatic carboxylic acids is 1. The number of piperidine rings is 1. The Morgan fingerprint density at radius 3 is 2.33 bits per heavy atom. The Kier molecular flexibility index (Phi) is 4.46. The summed E-state index contributed by atoms with van der Waals surface area (Å²) >= 11 is 0. The number of carboxylic acid groups (broad SMARTS) is 1. The van der Waals surface area contributed by atoms with Crippen LogP contribution in [0.3, 0.4) is 0 Å². The molecule has 6 nitrogen and oxygen atoms in total. The molecule has 2 rings (SSSR count). The Morgan fingerprint density at radius 2 is 1.86 bits per heavy atom. The second kappa shape index (κ2) is 5.83. The van der Waals surface area contributed by atoms with Gasteiger partial charge in [-0.25, -0.2) is 4.79 Å². The lowest BCUT2D eigenvalue weighted by Gasteiger charge is -2.41. The molecule has 0 radical (unpaired) electrons. The predicted octanol–water partition coefficient (Wildman–Crippen LogP) is 1.79. The molecule has 0 bridgehead atoms. The highest BCUT2D eigenvalue weighted by Crippen LogP contribution is 2.32. The zero-order valence-electron chi connectivity index (χ0n) is 13.3. The zero-order chi connectivity index (χ0) is 15.8. The number of ether oxygens (including phenoxy) is 1. The summed E-state index contributed by atoms with van der Waals surface area (Å²) in [6.07, 6.45) is 2.56. The van der Waals surface area contributed by atoms with E-state index in [0.717, 1.165) is 12.8 Å². The van der Waals surface area contributed by atoms with Crippen molar-refractivity contribution >= 4 is 12.1 Å². The fourth-order valence-corrected chi connectivity index (χ4v) is 2.91. The third-order valence-electron chi connectivity index (χ3n) is 4.19. The van der Waals surface area contributed by atoms with Gasteiger partial charge in [0.1, 0.15) is 5.60 Å². The van der Waals surface area contributed by atoms with Crippen LogP contribution in [-0.2, 0) is 9.53 Å². The van der Waals surface area contributed by atoms with Gasteiger partial charge in [-0.05, 0) is 47.1 Å². The van der Waals surface area contributed by atoms with E-state index < -0.39 is 23.6 Å². The van der Waals surface area contributed by atoms with E-state index >= 15 is 0 Å². The number of likely N-dealkylation sites (tertiary alicyclic amines) is 1. The van der Waals surface area contributed by atoms with Gasteiger partial charge in [0, 0.05) is 25.2 Å². The fraction of sp³-hybridized carbons (Fsp3) is 0.867. The average Bonchev–Trinajstić information content (AvgIpc) is 3.19. The number of nitrogens with zero attached hydrogens (tertiary/aromatic N) is 2. The van der Waals surface area contributed by atoms with Crippen molar-refractivity contribution in [2.24, 2.45) is 5.92 Å². The Labute approximate surface area is 126 Å². The maximum atomic E-state index is 12.1. The Balaban J connectivity index is 2.01. The number of rotatable bonds is 3. The predicted molar refractivity (Wildman–Crippen MR) is 78.1 cm³/mol. The number of hydrogen-bond donors (Lipinski definition) is 1. The lowest BCUT2D eigenvalue weighted by atomic mass is 9.91. The fourth-order valence-electron chi connectivity index (χ4n) is 2.91. The summed E-state index contributed by atoms with van der Waals surface area (Å²) in [6.45, 7) is 6.22. The van der Waals surface area contributed by atoms with Crippen molar-refractivity contribution in [3.8, 4) is 0 Å². The molecule has 0 spiro atoms. The first kappa shape index (κ1) is 16.1. The van der Waals surface area contributed by atoms with Gasteiger partial charge in [-0.3, -0.25) is 9.69 Å². The Bertz CT molecular complexity index is 414. The van der Waals surface area contributed by atoms with Crippen LogP contribution in [0.2, 0.25) is 0 Å². The molecule has 0 aromatic heterocycles. The minimum Gasteiger partial charge on any atom is -0.481 e. The van der Waals surface area contributed by atoms with Crippen molar-refractivity contribution in [3.63, 3.8) is 0 Å². The molecule has 1 N–H and O–H groups in total. The van der Waals surface area contributed by atoms with Gasteiger partial charge in [-0.15, -0.1) is 0 Å². The summed E-state index contributed by atoms with van der Waals surface area (Å²) in [5, 5.41) is 9.49. The summed E-state index contributed by atoms with van der Waals surface area (Å²) in [5.74, 6) is -1.38. The van der Waals surface area contributed by atoms with E-state index in [-0.39, 0.29) is 12.6 Å². The normalized spacial score (nSPS) is 26.8. The smallest absolute Gasteiger partial charge is 0.410 e. The first-order chi connectivity index (χ1) is 9.69. The van der Waals surface area contributed by atoms with E-state index in [4.69, 9.17) is 4.74 Å². The van der Waals surface area contributed by atoms with Crippen LogP contribution < -0.4 is 0 Å². The minimum atomic E-state index is -0.833. The number of hydrogen-bond acceptors (Lipinski definition) is 4. The molecule has 1 heterocycles. The molecule has 2 atom stereocenters. The second-order valence-electron chi connectivity index (χ2n) is 7.12. The van der Waals surface area contributed by atoms with Crippen molar-refractivity contribution in [2.75, 3.05) is 20.1 Å². The third kappa shape index (κ3) is 4.09. The SMILES string of the molecule is CN(C1CC1)C1CCN(C(=O)OC(C)(C)C)CC1C(=O)O. The van der Waals surface area contributed by atoms with Gasteiger partial charge in [0.05, 0.1) is 5.92 Å². The summed E-state index contributed by atoms with van der Waals surface area (Å²) in [7, 11) is 2.00. The first-order valence-electron chi connectivity index (χ1n) is 7.61. The van der Waals surface area contributed by atoms with E-state index in [1.807, 2.05) is 27.8 Å². The number of amides is 1. The maximum Gasteiger partial charge on any atom is 0.410 e. The molecular formula is C15H26N2O4. The number of carbonyl (C=O) groups excluding carboxylic acids is 1. The van der Waals surface area contributed by atoms with Gasteiger partial charge in [0.2, 0.25) is 0 Å². The van der Waals surface area contributed by atoms with Crippen LogP contribution in [0.1, 0.15) is 40.0 Å². The van der Waals surface area contributed by atoms with Crippen molar-refractivity contribution < 1.29 is 19.4 Å². The van der Waals surface area contributed by atoms with Gasteiger partial charge in [-0.1, -0.05) is 0 Å². The molecule has 0 aromatic carbocycles. The Hall–Kier alpha value is -1.30. The molecule has 6 heteroatoms. The van der Waals surface area contributed by atoms with E-state index in [9.17, 15) is 14.7 Å². The second-order valence-corrected chi connectivity index (χ2v) is 7.12. The lowest BCUT2D eigenvalue weighted by Crippen LogP contribution is -2.55. The maximum absolute atomic E-state index is 12.1. The summed E-state index contributed by atoms with van der Waals surface area (Å²) in [6, 6.07) is 0.526. The third-order valence-corrected chi connectivity index (χ3v) is 4.19. The van der Waals surface area contributed by atoms with Crippen LogP contribution in [0.5, 0.6) is 0 Å². The largest absolute Gasteiger partial charge is 0.481 e. The van der Waals surface area contributed by atoms with Crippen LogP contribution in [0.4, 0.5) is 4.79 Å². The molecule has 21 heavy (non-hydrogen) atoms. The van der Waals surface area contributed by atoms with Gasteiger partial charge in [0.15, 0.2) is 0 Å². The van der Waals surface area contributed by atoms with E-state index in [0.29, 0.717) is 19.0 Å². The van der Waals surface area contributed by atoms with Gasteiger partial charge >= 0.3 is 12.1 Å². The zero-order valence-corrected chi connectivity index (χ0v) is 13.3. The van der Waals surface area contributed by atoms with E-state index in [2.05, 4.69) is 4.90 Å². The van der Waals surface area contributed by atoms with Crippen molar-refractivity contribution in [1.29, 1.82) is 0 Å². The molecule has 1 aliphatic heterocycles. The highest BCUT2D eigenvalue weighted by molar-refractivity contribution is 5.74. The molecular weight excluding hydrogens is 272 g/mol. The molecule has 0 aromatic rings. The summed E-state index contributed by atoms with van der Waals surface area (Å²) in [4.78, 5) is 27.4. The quantitative estimate of drug-likeness (QED) is 0.860. The minimum absolute atomic E-state index is 0.00804. The van der Waals surface area contributed by atoms with E-state index in [1.54, 1.807) is 0 Å². The van der Waals surface area contributed by atoms with Gasteiger partial charge < -0.3 is 14.7 Å². The highest BCUT2D eigenvalue weighted by Gasteiger charge is 2.42. The molecule has 1 amide bonds. The Morgan fingerprint density at radius 1 is 1.24 bits per heavy atom. The van der Waals surface area contributed by atoms with Gasteiger partial charge in [-0.2, -0.15) is 0 Å². The van der Waals surface area contributed by atoms with Crippen molar-refractivity contribution in [1.82, 2.24) is 9.80 Å². The molecule has 2 unspecified atom stereocenters. The lowest BCUT2D eigenvalue weighted by molar-refractivity contribution is -0.146. The summed E-state index contributed by atoms with van der Waals surface area (Å²) in [5.41, 5.74) is -0.558. The van der Waals surface area contributed by atoms with Crippen LogP contribution >= 0.6 is 0 Å². The van der Waals surface area contributed by atoms with Gasteiger partial charge in [0.25, 0.3) is 0 Å². The van der Waals surface area contributed by atoms with Crippen molar-refractivity contribution in [3.05, 3.63) is 0 Å². The first-order valence-corrected chi connectivity index (χ1v) is 7.61. The van der Waals surface area contributed by atoms with E-state index in [1.165, 1.54) is 4.90 Å². The molecule has 1 saturated heterocycles. The van der Waals surface area contributed by atoms with Crippen LogP contribution in [0, 0.1) is 5.92 Å². The number of carbonyl (C=O) groups is 2. The molecule has 2 fully saturated rings. The monoisotopic (exact) mass is 298 g/mol. The van der Waals surface area contributed by atoms with Crippen LogP contribution in [0.15, 0.2) is 0 Å². The van der Waals surface area contributed by atoms with Crippen LogP contribution in [-0.4, -0.2) is 64.8 Å². The molecule has 2 aliphatic rings. The molecule has 120 valence electrons. The van der Waals surface area contributed by atoms with Crippen LogP contribution in [0.25, 0.3) is 0 Å². The average molecular weight is 298 g/mol. The van der Waals surface area contributed by atoms with Crippen molar-refractivity contribution in [2.45, 2.75) is 57.7 Å². The molecule has 1 aliphatic carbocycles. The summed E-state index contributed by atoms with van der Waals surface area (Å²) < 4.78 is 5.34. The highest BCUT2D eigenvalue weighted by atomic mass is 16.6. The topological polar surface area (TPSA) is 70.1 Å². The molecule has 1 saturated carbocycles.